The molecule has 1 aliphatic rings. The average molecular weight is 389 g/mol. The first-order chi connectivity index (χ1) is 13.2. The molecule has 0 radical (unpaired) electrons. The molecule has 3 rings (SSSR count). The Morgan fingerprint density at radius 2 is 2.00 bits per heavy atom. The van der Waals surface area contributed by atoms with Crippen molar-refractivity contribution in [1.82, 2.24) is 10.3 Å². The number of nitrogens with one attached hydrogen (secondary N) is 1. The van der Waals surface area contributed by atoms with Gasteiger partial charge in [-0.1, -0.05) is 12.1 Å². The molecule has 7 nitrogen and oxygen atoms in total. The van der Waals surface area contributed by atoms with Crippen LogP contribution in [-0.2, 0) is 4.74 Å². The molecule has 0 spiro atoms. The highest BCUT2D eigenvalue weighted by molar-refractivity contribution is 5.72. The SMILES string of the molecule is CC(C)(C)OC(=O)NCC1CCC([C@H](N)C(O)c2nc3ccccc3o2)CC1. The van der Waals surface area contributed by atoms with Gasteiger partial charge in [-0.25, -0.2) is 9.78 Å². The second-order valence-electron chi connectivity index (χ2n) is 8.71. The zero-order valence-electron chi connectivity index (χ0n) is 16.9. The fourth-order valence-corrected chi connectivity index (χ4v) is 3.76. The molecule has 1 amide bonds. The fourth-order valence-electron chi connectivity index (χ4n) is 3.76. The number of benzene rings is 1. The van der Waals surface area contributed by atoms with Gasteiger partial charge in [-0.05, 0) is 70.4 Å². The third-order valence-electron chi connectivity index (χ3n) is 5.30. The van der Waals surface area contributed by atoms with Gasteiger partial charge in [0.1, 0.15) is 17.2 Å². The number of aliphatic hydroxyl groups excluding tert-OH is 1. The number of nitrogens with two attached hydrogens (primary N) is 1. The quantitative estimate of drug-likeness (QED) is 0.721. The van der Waals surface area contributed by atoms with Gasteiger partial charge in [0, 0.05) is 12.6 Å². The summed E-state index contributed by atoms with van der Waals surface area (Å²) in [7, 11) is 0. The van der Waals surface area contributed by atoms with Gasteiger partial charge in [-0.2, -0.15) is 0 Å². The molecule has 1 heterocycles. The second-order valence-corrected chi connectivity index (χ2v) is 8.71. The molecule has 2 aromatic rings. The number of hydrogen-bond donors (Lipinski definition) is 3. The van der Waals surface area contributed by atoms with Crippen molar-refractivity contribution in [2.24, 2.45) is 17.6 Å². The molecule has 1 saturated carbocycles. The monoisotopic (exact) mass is 389 g/mol. The Balaban J connectivity index is 1.48. The number of oxazole rings is 1. The van der Waals surface area contributed by atoms with E-state index in [2.05, 4.69) is 10.3 Å². The van der Waals surface area contributed by atoms with Crippen molar-refractivity contribution in [2.45, 2.75) is 64.2 Å². The van der Waals surface area contributed by atoms with Crippen LogP contribution in [0.4, 0.5) is 4.79 Å². The van der Waals surface area contributed by atoms with E-state index < -0.39 is 17.7 Å². The lowest BCUT2D eigenvalue weighted by Crippen LogP contribution is -2.40. The summed E-state index contributed by atoms with van der Waals surface area (Å²) in [6.07, 6.45) is 2.41. The van der Waals surface area contributed by atoms with E-state index in [-0.39, 0.29) is 17.9 Å². The van der Waals surface area contributed by atoms with Crippen LogP contribution in [0.2, 0.25) is 0 Å². The summed E-state index contributed by atoms with van der Waals surface area (Å²) in [4.78, 5) is 16.2. The minimum atomic E-state index is -0.922. The topological polar surface area (TPSA) is 111 Å². The van der Waals surface area contributed by atoms with Crippen LogP contribution in [0, 0.1) is 11.8 Å². The fraction of sp³-hybridized carbons (Fsp3) is 0.619. The molecule has 0 bridgehead atoms. The summed E-state index contributed by atoms with van der Waals surface area (Å²) < 4.78 is 10.9. The van der Waals surface area contributed by atoms with Crippen LogP contribution in [0.25, 0.3) is 11.1 Å². The molecule has 2 atom stereocenters. The molecule has 1 fully saturated rings. The summed E-state index contributed by atoms with van der Waals surface area (Å²) in [6.45, 7) is 6.15. The van der Waals surface area contributed by atoms with Crippen LogP contribution in [0.3, 0.4) is 0 Å². The minimum absolute atomic E-state index is 0.197. The molecule has 1 unspecified atom stereocenters. The van der Waals surface area contributed by atoms with Crippen molar-refractivity contribution in [3.05, 3.63) is 30.2 Å². The van der Waals surface area contributed by atoms with Gasteiger partial charge in [-0.15, -0.1) is 0 Å². The van der Waals surface area contributed by atoms with Crippen molar-refractivity contribution < 1.29 is 19.1 Å². The highest BCUT2D eigenvalue weighted by atomic mass is 16.6. The van der Waals surface area contributed by atoms with Crippen LogP contribution in [0.15, 0.2) is 28.7 Å². The normalized spacial score (nSPS) is 22.6. The van der Waals surface area contributed by atoms with Gasteiger partial charge >= 0.3 is 6.09 Å². The third kappa shape index (κ3) is 5.23. The van der Waals surface area contributed by atoms with Crippen molar-refractivity contribution in [3.63, 3.8) is 0 Å². The molecule has 1 aromatic carbocycles. The van der Waals surface area contributed by atoms with Crippen molar-refractivity contribution in [1.29, 1.82) is 0 Å². The smallest absolute Gasteiger partial charge is 0.407 e. The van der Waals surface area contributed by atoms with E-state index >= 15 is 0 Å². The maximum atomic E-state index is 11.8. The van der Waals surface area contributed by atoms with Gasteiger partial charge in [0.05, 0.1) is 0 Å². The van der Waals surface area contributed by atoms with Crippen molar-refractivity contribution in [2.75, 3.05) is 6.54 Å². The van der Waals surface area contributed by atoms with Crippen LogP contribution in [-0.4, -0.2) is 34.4 Å². The van der Waals surface area contributed by atoms with Crippen LogP contribution < -0.4 is 11.1 Å². The number of carbonyl (C=O) groups is 1. The second kappa shape index (κ2) is 8.49. The number of ether oxygens (including phenoxy) is 1. The number of aromatic nitrogens is 1. The Kier molecular flexibility index (Phi) is 6.25. The lowest BCUT2D eigenvalue weighted by Gasteiger charge is -2.33. The molecule has 28 heavy (non-hydrogen) atoms. The van der Waals surface area contributed by atoms with Gasteiger partial charge in [0.2, 0.25) is 5.89 Å². The maximum Gasteiger partial charge on any atom is 0.407 e. The van der Waals surface area contributed by atoms with E-state index in [9.17, 15) is 9.90 Å². The summed E-state index contributed by atoms with van der Waals surface area (Å²) in [5.74, 6) is 0.877. The molecular weight excluding hydrogens is 358 g/mol. The number of nitrogens with zero attached hydrogens (tertiary/aromatic N) is 1. The van der Waals surface area contributed by atoms with E-state index in [1.165, 1.54) is 0 Å². The van der Waals surface area contributed by atoms with Crippen LogP contribution in [0.1, 0.15) is 58.4 Å². The zero-order chi connectivity index (χ0) is 20.3. The first-order valence-corrected chi connectivity index (χ1v) is 9.99. The number of rotatable bonds is 5. The first-order valence-electron chi connectivity index (χ1n) is 9.99. The largest absolute Gasteiger partial charge is 0.444 e. The molecule has 7 heteroatoms. The number of amides is 1. The van der Waals surface area contributed by atoms with Crippen LogP contribution >= 0.6 is 0 Å². The standard InChI is InChI=1S/C21H31N3O4/c1-21(2,3)28-20(26)23-12-13-8-10-14(11-9-13)17(22)18(25)19-24-15-6-4-5-7-16(15)27-19/h4-7,13-14,17-18,25H,8-12,22H2,1-3H3,(H,23,26)/t13?,14?,17-,18?/m0/s1. The molecule has 1 aliphatic carbocycles. The van der Waals surface area contributed by atoms with Crippen LogP contribution in [0.5, 0.6) is 0 Å². The summed E-state index contributed by atoms with van der Waals surface area (Å²) in [5, 5.41) is 13.5. The number of fused-ring (bicyclic) bond motifs is 1. The molecular formula is C21H31N3O4. The van der Waals surface area contributed by atoms with Gasteiger partial charge in [-0.3, -0.25) is 0 Å². The minimum Gasteiger partial charge on any atom is -0.444 e. The summed E-state index contributed by atoms with van der Waals surface area (Å²) in [5.41, 5.74) is 7.23. The molecule has 4 N–H and O–H groups in total. The van der Waals surface area contributed by atoms with Gasteiger partial charge in [0.25, 0.3) is 0 Å². The van der Waals surface area contributed by atoms with Crippen molar-refractivity contribution >= 4 is 17.2 Å². The molecule has 0 saturated heterocycles. The lowest BCUT2D eigenvalue weighted by atomic mass is 9.77. The van der Waals surface area contributed by atoms with E-state index in [0.29, 0.717) is 18.0 Å². The Labute approximate surface area is 165 Å². The number of hydrogen-bond acceptors (Lipinski definition) is 6. The summed E-state index contributed by atoms with van der Waals surface area (Å²) in [6, 6.07) is 7.01. The predicted molar refractivity (Wildman–Crippen MR) is 107 cm³/mol. The number of carbonyl (C=O) groups excluding carboxylic acids is 1. The number of aliphatic hydroxyl groups is 1. The Hall–Kier alpha value is -2.12. The zero-order valence-corrected chi connectivity index (χ0v) is 16.9. The molecule has 1 aromatic heterocycles. The molecule has 0 aliphatic heterocycles. The Bertz CT molecular complexity index is 757. The van der Waals surface area contributed by atoms with Gasteiger partial charge in [0.15, 0.2) is 5.58 Å². The van der Waals surface area contributed by atoms with Crippen molar-refractivity contribution in [3.8, 4) is 0 Å². The lowest BCUT2D eigenvalue weighted by molar-refractivity contribution is 0.0504. The molecule has 154 valence electrons. The van der Waals surface area contributed by atoms with E-state index in [0.717, 1.165) is 31.2 Å². The highest BCUT2D eigenvalue weighted by Crippen LogP contribution is 2.34. The Morgan fingerprint density at radius 3 is 2.64 bits per heavy atom. The third-order valence-corrected chi connectivity index (χ3v) is 5.30. The highest BCUT2D eigenvalue weighted by Gasteiger charge is 2.32. The first kappa shape index (κ1) is 20.6. The van der Waals surface area contributed by atoms with Gasteiger partial charge < -0.3 is 25.3 Å². The average Bonchev–Trinajstić information content (AvgIpc) is 3.08. The van der Waals surface area contributed by atoms with E-state index in [4.69, 9.17) is 14.9 Å². The number of alkyl carbamates (subject to hydrolysis) is 1. The summed E-state index contributed by atoms with van der Waals surface area (Å²) >= 11 is 0. The van der Waals surface area contributed by atoms with E-state index in [1.807, 2.05) is 45.0 Å². The number of para-hydroxylation sites is 2. The maximum absolute atomic E-state index is 11.8. The van der Waals surface area contributed by atoms with E-state index in [1.54, 1.807) is 0 Å². The predicted octanol–water partition coefficient (Wildman–Crippen LogP) is 3.52. The Morgan fingerprint density at radius 1 is 1.32 bits per heavy atom.